The van der Waals surface area contributed by atoms with Gasteiger partial charge < -0.3 is 0 Å². The average Bonchev–Trinajstić information content (AvgIpc) is 2.87. The molecule has 0 aliphatic carbocycles. The van der Waals surface area contributed by atoms with E-state index in [9.17, 15) is 9.59 Å². The van der Waals surface area contributed by atoms with Crippen LogP contribution in [0.25, 0.3) is 0 Å². The fraction of sp³-hybridized carbons (Fsp3) is 0.143. The largest absolute Gasteiger partial charge is 0.299 e. The Morgan fingerprint density at radius 1 is 1.50 bits per heavy atom. The van der Waals surface area contributed by atoms with Gasteiger partial charge >= 0.3 is 0 Å². The first-order valence-electron chi connectivity index (χ1n) is 4.18. The molecule has 0 saturated carbocycles. The van der Waals surface area contributed by atoms with Crippen molar-refractivity contribution < 1.29 is 9.59 Å². The predicted molar refractivity (Wildman–Crippen MR) is 54.2 cm³/mol. The maximum absolute atomic E-state index is 11.4. The van der Waals surface area contributed by atoms with E-state index in [1.54, 1.807) is 5.38 Å². The van der Waals surface area contributed by atoms with Crippen LogP contribution in [-0.4, -0.2) is 37.3 Å². The Morgan fingerprint density at radius 2 is 2.31 bits per heavy atom. The molecule has 1 amide bonds. The van der Waals surface area contributed by atoms with Gasteiger partial charge in [-0.25, -0.2) is 4.98 Å². The van der Waals surface area contributed by atoms with E-state index >= 15 is 0 Å². The second-order valence-electron chi connectivity index (χ2n) is 2.78. The smallest absolute Gasteiger partial charge is 0.295 e. The number of carbonyl (C=O) groups is 2. The number of nitrogens with zero attached hydrogens (tertiary/aromatic N) is 4. The molecule has 0 spiro atoms. The molecule has 0 atom stereocenters. The first-order chi connectivity index (χ1) is 7.66. The van der Waals surface area contributed by atoms with Crippen LogP contribution in [0.15, 0.2) is 5.38 Å². The van der Waals surface area contributed by atoms with Crippen LogP contribution < -0.4 is 5.32 Å². The highest BCUT2D eigenvalue weighted by Gasteiger charge is 2.13. The van der Waals surface area contributed by atoms with Crippen molar-refractivity contribution in [2.45, 2.75) is 6.92 Å². The predicted octanol–water partition coefficient (Wildman–Crippen LogP) is 0.111. The molecule has 0 unspecified atom stereocenters. The van der Waals surface area contributed by atoms with E-state index in [0.29, 0.717) is 10.8 Å². The molecule has 9 heteroatoms. The zero-order chi connectivity index (χ0) is 11.5. The van der Waals surface area contributed by atoms with Gasteiger partial charge in [-0.2, -0.15) is 5.21 Å². The van der Waals surface area contributed by atoms with Crippen molar-refractivity contribution in [2.24, 2.45) is 0 Å². The van der Waals surface area contributed by atoms with Crippen molar-refractivity contribution in [3.8, 4) is 0 Å². The molecule has 8 nitrogen and oxygen atoms in total. The summed E-state index contributed by atoms with van der Waals surface area (Å²) < 4.78 is 0. The van der Waals surface area contributed by atoms with Gasteiger partial charge in [0, 0.05) is 12.3 Å². The number of Topliss-reactive ketones (excluding diaryl/α,β-unsaturated/α-hetero) is 1. The number of rotatable bonds is 3. The Hall–Kier alpha value is -2.16. The van der Waals surface area contributed by atoms with Crippen LogP contribution in [0.3, 0.4) is 0 Å². The van der Waals surface area contributed by atoms with Crippen LogP contribution in [0.1, 0.15) is 28.0 Å². The van der Waals surface area contributed by atoms with Crippen LogP contribution in [0.2, 0.25) is 0 Å². The fourth-order valence-corrected chi connectivity index (χ4v) is 1.65. The quantitative estimate of drug-likeness (QED) is 0.733. The Labute approximate surface area is 93.1 Å². The summed E-state index contributed by atoms with van der Waals surface area (Å²) in [6, 6.07) is 0. The first kappa shape index (κ1) is 10.4. The summed E-state index contributed by atoms with van der Waals surface area (Å²) in [4.78, 5) is 26.3. The summed E-state index contributed by atoms with van der Waals surface area (Å²) in [5, 5.41) is 16.8. The second kappa shape index (κ2) is 4.14. The Bertz CT molecular complexity index is 519. The minimum absolute atomic E-state index is 0.0837. The Morgan fingerprint density at radius 3 is 2.88 bits per heavy atom. The van der Waals surface area contributed by atoms with Crippen molar-refractivity contribution in [3.63, 3.8) is 0 Å². The molecule has 0 bridgehead atoms. The molecule has 2 aromatic heterocycles. The number of aromatic amines is 1. The molecule has 0 aliphatic rings. The minimum Gasteiger partial charge on any atom is -0.295 e. The van der Waals surface area contributed by atoms with Crippen LogP contribution in [-0.2, 0) is 0 Å². The Balaban J connectivity index is 2.09. The third-order valence-electron chi connectivity index (χ3n) is 1.63. The van der Waals surface area contributed by atoms with Gasteiger partial charge in [-0.1, -0.05) is 0 Å². The number of aromatic nitrogens is 5. The molecule has 0 fully saturated rings. The number of nitrogens with one attached hydrogen (secondary N) is 2. The van der Waals surface area contributed by atoms with Gasteiger partial charge in [-0.05, 0) is 5.21 Å². The molecular formula is C7H6N6O2S. The lowest BCUT2D eigenvalue weighted by molar-refractivity contribution is 0.1000. The van der Waals surface area contributed by atoms with Crippen molar-refractivity contribution in [1.29, 1.82) is 0 Å². The van der Waals surface area contributed by atoms with Crippen molar-refractivity contribution in [1.82, 2.24) is 25.6 Å². The fourth-order valence-electron chi connectivity index (χ4n) is 0.904. The third kappa shape index (κ3) is 2.08. The standard InChI is InChI=1S/C7H6N6O2S/c1-3(14)4-2-16-7(8-4)9-6(15)5-10-12-13-11-5/h2H,1H3,(H,8,9,15)(H,10,11,12,13). The molecule has 2 heterocycles. The molecule has 0 saturated heterocycles. The Kier molecular flexibility index (Phi) is 2.68. The maximum atomic E-state index is 11.4. The minimum atomic E-state index is -0.529. The summed E-state index contributed by atoms with van der Waals surface area (Å²) in [5.41, 5.74) is 0.313. The molecule has 2 N–H and O–H groups in total. The number of tetrazole rings is 1. The van der Waals surface area contributed by atoms with Crippen molar-refractivity contribution in [3.05, 3.63) is 16.9 Å². The first-order valence-corrected chi connectivity index (χ1v) is 5.06. The van der Waals surface area contributed by atoms with E-state index < -0.39 is 5.91 Å². The molecule has 16 heavy (non-hydrogen) atoms. The monoisotopic (exact) mass is 238 g/mol. The van der Waals surface area contributed by atoms with Crippen molar-refractivity contribution >= 4 is 28.2 Å². The van der Waals surface area contributed by atoms with E-state index in [2.05, 4.69) is 30.9 Å². The summed E-state index contributed by atoms with van der Waals surface area (Å²) in [5.74, 6) is -0.769. The number of hydrogen-bond acceptors (Lipinski definition) is 7. The van der Waals surface area contributed by atoms with Gasteiger partial charge in [0.1, 0.15) is 5.69 Å². The zero-order valence-electron chi connectivity index (χ0n) is 8.09. The van der Waals surface area contributed by atoms with Gasteiger partial charge in [0.15, 0.2) is 10.9 Å². The van der Waals surface area contributed by atoms with Crippen molar-refractivity contribution in [2.75, 3.05) is 5.32 Å². The second-order valence-corrected chi connectivity index (χ2v) is 3.64. The molecule has 0 aromatic carbocycles. The zero-order valence-corrected chi connectivity index (χ0v) is 8.91. The SMILES string of the molecule is CC(=O)c1csc(NC(=O)c2nn[nH]n2)n1. The third-order valence-corrected chi connectivity index (χ3v) is 2.39. The lowest BCUT2D eigenvalue weighted by atomic mass is 10.4. The van der Waals surface area contributed by atoms with Crippen LogP contribution >= 0.6 is 11.3 Å². The molecule has 0 aliphatic heterocycles. The highest BCUT2D eigenvalue weighted by molar-refractivity contribution is 7.14. The van der Waals surface area contributed by atoms with Gasteiger partial charge in [-0.15, -0.1) is 21.5 Å². The van der Waals surface area contributed by atoms with Gasteiger partial charge in [0.2, 0.25) is 0 Å². The van der Waals surface area contributed by atoms with Gasteiger partial charge in [-0.3, -0.25) is 14.9 Å². The number of ketones is 1. The molecule has 0 radical (unpaired) electrons. The lowest BCUT2D eigenvalue weighted by Gasteiger charge is -1.94. The van der Waals surface area contributed by atoms with Crippen LogP contribution in [0, 0.1) is 0 Å². The topological polar surface area (TPSA) is 114 Å². The highest BCUT2D eigenvalue weighted by Crippen LogP contribution is 2.15. The number of anilines is 1. The molecule has 2 rings (SSSR count). The number of hydrogen-bond donors (Lipinski definition) is 2. The maximum Gasteiger partial charge on any atom is 0.299 e. The van der Waals surface area contributed by atoms with Gasteiger partial charge in [0.05, 0.1) is 0 Å². The number of H-pyrrole nitrogens is 1. The lowest BCUT2D eigenvalue weighted by Crippen LogP contribution is -2.13. The summed E-state index contributed by atoms with van der Waals surface area (Å²) >= 11 is 1.15. The molecule has 82 valence electrons. The van der Waals surface area contributed by atoms with E-state index in [4.69, 9.17) is 0 Å². The van der Waals surface area contributed by atoms with Crippen LogP contribution in [0.4, 0.5) is 5.13 Å². The molecule has 2 aromatic rings. The van der Waals surface area contributed by atoms with Gasteiger partial charge in [0.25, 0.3) is 11.7 Å². The van der Waals surface area contributed by atoms with E-state index in [-0.39, 0.29) is 11.6 Å². The summed E-state index contributed by atoms with van der Waals surface area (Å²) in [6.07, 6.45) is 0. The van der Waals surface area contributed by atoms with E-state index in [1.165, 1.54) is 6.92 Å². The van der Waals surface area contributed by atoms with E-state index in [1.807, 2.05) is 0 Å². The van der Waals surface area contributed by atoms with Crippen LogP contribution in [0.5, 0.6) is 0 Å². The normalized spacial score (nSPS) is 10.1. The molecular weight excluding hydrogens is 232 g/mol. The van der Waals surface area contributed by atoms with E-state index in [0.717, 1.165) is 11.3 Å². The highest BCUT2D eigenvalue weighted by atomic mass is 32.1. The summed E-state index contributed by atoms with van der Waals surface area (Å²) in [6.45, 7) is 1.40. The summed E-state index contributed by atoms with van der Waals surface area (Å²) in [7, 11) is 0. The number of thiazole rings is 1. The number of carbonyl (C=O) groups excluding carboxylic acids is 2. The average molecular weight is 238 g/mol. The number of amides is 1.